The van der Waals surface area contributed by atoms with Crippen LogP contribution in [-0.2, 0) is 0 Å². The van der Waals surface area contributed by atoms with Crippen molar-refractivity contribution in [1.82, 2.24) is 9.88 Å². The summed E-state index contributed by atoms with van der Waals surface area (Å²) in [5.41, 5.74) is 5.01. The summed E-state index contributed by atoms with van der Waals surface area (Å²) in [6, 6.07) is 24.6. The molecular weight excluding hydrogens is 401 g/mol. The monoisotopic (exact) mass is 425 g/mol. The lowest BCUT2D eigenvalue weighted by molar-refractivity contribution is 0.0748. The Morgan fingerprint density at radius 1 is 0.875 bits per heavy atom. The lowest BCUT2D eigenvalue weighted by Crippen LogP contribution is -2.49. The van der Waals surface area contributed by atoms with Gasteiger partial charge in [-0.05, 0) is 31.2 Å². The highest BCUT2D eigenvalue weighted by Gasteiger charge is 2.25. The van der Waals surface area contributed by atoms with Crippen molar-refractivity contribution in [2.45, 2.75) is 6.92 Å². The topological polar surface area (TPSA) is 36.4 Å². The number of rotatable bonds is 3. The van der Waals surface area contributed by atoms with Gasteiger partial charge in [-0.25, -0.2) is 9.37 Å². The summed E-state index contributed by atoms with van der Waals surface area (Å²) in [5, 5.41) is 0.852. The zero-order valence-corrected chi connectivity index (χ0v) is 18.0. The lowest BCUT2D eigenvalue weighted by Gasteiger charge is -2.36. The summed E-state index contributed by atoms with van der Waals surface area (Å²) >= 11 is 0. The molecule has 4 nitrogen and oxygen atoms in total. The molecule has 0 atom stereocenters. The Hall–Kier alpha value is -3.73. The van der Waals surface area contributed by atoms with Gasteiger partial charge in [0.2, 0.25) is 0 Å². The molecule has 1 amide bonds. The molecular formula is C27H24FN3O. The fourth-order valence-electron chi connectivity index (χ4n) is 4.25. The quantitative estimate of drug-likeness (QED) is 0.446. The van der Waals surface area contributed by atoms with E-state index in [9.17, 15) is 9.18 Å². The zero-order chi connectivity index (χ0) is 22.1. The molecule has 32 heavy (non-hydrogen) atoms. The third-order valence-corrected chi connectivity index (χ3v) is 6.05. The van der Waals surface area contributed by atoms with Crippen LogP contribution < -0.4 is 4.90 Å². The van der Waals surface area contributed by atoms with E-state index < -0.39 is 0 Å². The number of carbonyl (C=O) groups is 1. The first-order valence-electron chi connectivity index (χ1n) is 10.9. The van der Waals surface area contributed by atoms with Gasteiger partial charge in [0.25, 0.3) is 5.91 Å². The predicted octanol–water partition coefficient (Wildman–Crippen LogP) is 5.31. The minimum absolute atomic E-state index is 0.00912. The Morgan fingerprint density at radius 3 is 2.31 bits per heavy atom. The van der Waals surface area contributed by atoms with Crippen molar-refractivity contribution in [3.63, 3.8) is 0 Å². The molecule has 3 aromatic carbocycles. The fraction of sp³-hybridized carbons (Fsp3) is 0.185. The number of piperazine rings is 1. The molecule has 1 aromatic heterocycles. The van der Waals surface area contributed by atoms with E-state index >= 15 is 0 Å². The molecule has 0 saturated carbocycles. The molecule has 1 saturated heterocycles. The minimum Gasteiger partial charge on any atom is -0.366 e. The number of aromatic nitrogens is 1. The molecule has 0 bridgehead atoms. The number of para-hydroxylation sites is 2. The number of benzene rings is 3. The normalized spacial score (nSPS) is 14.1. The van der Waals surface area contributed by atoms with Gasteiger partial charge < -0.3 is 9.80 Å². The van der Waals surface area contributed by atoms with E-state index in [0.717, 1.165) is 22.2 Å². The second-order valence-corrected chi connectivity index (χ2v) is 8.17. The maximum atomic E-state index is 14.2. The smallest absolute Gasteiger partial charge is 0.254 e. The van der Waals surface area contributed by atoms with E-state index in [1.165, 1.54) is 11.6 Å². The summed E-state index contributed by atoms with van der Waals surface area (Å²) in [6.45, 7) is 4.34. The average molecular weight is 426 g/mol. The standard InChI is InChI=1S/C27H24FN3O/c1-19-10-12-20(13-11-19)25-18-22(21-6-2-4-8-24(21)29-25)27(32)31-16-14-30(15-17-31)26-9-5-3-7-23(26)28/h2-13,18H,14-17H2,1H3. The van der Waals surface area contributed by atoms with Crippen molar-refractivity contribution in [1.29, 1.82) is 0 Å². The maximum Gasteiger partial charge on any atom is 0.254 e. The first-order valence-corrected chi connectivity index (χ1v) is 10.9. The summed E-state index contributed by atoms with van der Waals surface area (Å²) in [4.78, 5) is 22.2. The van der Waals surface area contributed by atoms with Gasteiger partial charge in [0.15, 0.2) is 0 Å². The zero-order valence-electron chi connectivity index (χ0n) is 18.0. The van der Waals surface area contributed by atoms with Gasteiger partial charge in [0, 0.05) is 37.1 Å². The molecule has 1 aliphatic rings. The molecule has 0 aliphatic carbocycles. The molecule has 160 valence electrons. The first-order chi connectivity index (χ1) is 15.6. The third kappa shape index (κ3) is 3.82. The molecule has 5 rings (SSSR count). The van der Waals surface area contributed by atoms with Crippen LogP contribution in [0.2, 0.25) is 0 Å². The van der Waals surface area contributed by atoms with Gasteiger partial charge in [0.1, 0.15) is 5.82 Å². The Labute approximate surface area is 186 Å². The molecule has 0 N–H and O–H groups in total. The summed E-state index contributed by atoms with van der Waals surface area (Å²) in [7, 11) is 0. The molecule has 1 fully saturated rings. The van der Waals surface area contributed by atoms with E-state index in [2.05, 4.69) is 12.1 Å². The molecule has 1 aliphatic heterocycles. The minimum atomic E-state index is -0.227. The van der Waals surface area contributed by atoms with Gasteiger partial charge in [-0.2, -0.15) is 0 Å². The second kappa shape index (κ2) is 8.42. The Morgan fingerprint density at radius 2 is 1.56 bits per heavy atom. The van der Waals surface area contributed by atoms with E-state index in [-0.39, 0.29) is 11.7 Å². The van der Waals surface area contributed by atoms with Crippen LogP contribution in [0.5, 0.6) is 0 Å². The third-order valence-electron chi connectivity index (χ3n) is 6.05. The largest absolute Gasteiger partial charge is 0.366 e. The van der Waals surface area contributed by atoms with Crippen LogP contribution in [-0.4, -0.2) is 42.0 Å². The van der Waals surface area contributed by atoms with Crippen LogP contribution in [0.25, 0.3) is 22.2 Å². The summed E-state index contributed by atoms with van der Waals surface area (Å²) < 4.78 is 14.2. The number of nitrogens with zero attached hydrogens (tertiary/aromatic N) is 3. The van der Waals surface area contributed by atoms with Crippen LogP contribution >= 0.6 is 0 Å². The van der Waals surface area contributed by atoms with Crippen molar-refractivity contribution in [2.75, 3.05) is 31.1 Å². The number of carbonyl (C=O) groups excluding carboxylic acids is 1. The number of halogens is 1. The number of hydrogen-bond acceptors (Lipinski definition) is 3. The highest BCUT2D eigenvalue weighted by atomic mass is 19.1. The van der Waals surface area contributed by atoms with Crippen molar-refractivity contribution >= 4 is 22.5 Å². The predicted molar refractivity (Wildman–Crippen MR) is 126 cm³/mol. The number of fused-ring (bicyclic) bond motifs is 1. The molecule has 0 unspecified atom stereocenters. The van der Waals surface area contributed by atoms with Crippen LogP contribution in [0.3, 0.4) is 0 Å². The van der Waals surface area contributed by atoms with E-state index in [1.807, 2.05) is 65.3 Å². The Balaban J connectivity index is 1.44. The van der Waals surface area contributed by atoms with Crippen molar-refractivity contribution < 1.29 is 9.18 Å². The number of hydrogen-bond donors (Lipinski definition) is 0. The van der Waals surface area contributed by atoms with Crippen LogP contribution in [0, 0.1) is 12.7 Å². The number of anilines is 1. The highest BCUT2D eigenvalue weighted by Crippen LogP contribution is 2.27. The first kappa shape index (κ1) is 20.2. The van der Waals surface area contributed by atoms with Gasteiger partial charge in [-0.3, -0.25) is 4.79 Å². The molecule has 0 radical (unpaired) electrons. The molecule has 2 heterocycles. The Kier molecular flexibility index (Phi) is 5.31. The lowest BCUT2D eigenvalue weighted by atomic mass is 10.0. The van der Waals surface area contributed by atoms with E-state index in [1.54, 1.807) is 12.1 Å². The van der Waals surface area contributed by atoms with E-state index in [0.29, 0.717) is 37.4 Å². The van der Waals surface area contributed by atoms with Gasteiger partial charge in [0.05, 0.1) is 22.5 Å². The number of amides is 1. The number of pyridine rings is 1. The summed E-state index contributed by atoms with van der Waals surface area (Å²) in [6.07, 6.45) is 0. The molecule has 0 spiro atoms. The SMILES string of the molecule is Cc1ccc(-c2cc(C(=O)N3CCN(c4ccccc4F)CC3)c3ccccc3n2)cc1. The van der Waals surface area contributed by atoms with Crippen LogP contribution in [0.4, 0.5) is 10.1 Å². The van der Waals surface area contributed by atoms with Gasteiger partial charge in [-0.1, -0.05) is 60.2 Å². The molecule has 5 heteroatoms. The van der Waals surface area contributed by atoms with Crippen molar-refractivity contribution in [2.24, 2.45) is 0 Å². The van der Waals surface area contributed by atoms with Gasteiger partial charge >= 0.3 is 0 Å². The Bertz CT molecular complexity index is 1280. The highest BCUT2D eigenvalue weighted by molar-refractivity contribution is 6.07. The molecule has 4 aromatic rings. The van der Waals surface area contributed by atoms with Crippen LogP contribution in [0.1, 0.15) is 15.9 Å². The van der Waals surface area contributed by atoms with Crippen LogP contribution in [0.15, 0.2) is 78.9 Å². The summed E-state index contributed by atoms with van der Waals surface area (Å²) in [5.74, 6) is -0.236. The fourth-order valence-corrected chi connectivity index (χ4v) is 4.25. The average Bonchev–Trinajstić information content (AvgIpc) is 2.84. The second-order valence-electron chi connectivity index (χ2n) is 8.17. The van der Waals surface area contributed by atoms with Gasteiger partial charge in [-0.15, -0.1) is 0 Å². The number of aryl methyl sites for hydroxylation is 1. The van der Waals surface area contributed by atoms with E-state index in [4.69, 9.17) is 4.98 Å². The van der Waals surface area contributed by atoms with Crippen molar-refractivity contribution in [3.05, 3.63) is 95.8 Å². The maximum absolute atomic E-state index is 14.2. The van der Waals surface area contributed by atoms with Crippen molar-refractivity contribution in [3.8, 4) is 11.3 Å².